The number of pyridine rings is 1. The third kappa shape index (κ3) is 4.53. The van der Waals surface area contributed by atoms with Gasteiger partial charge in [0.2, 0.25) is 5.91 Å². The van der Waals surface area contributed by atoms with Crippen molar-refractivity contribution >= 4 is 51.8 Å². The van der Waals surface area contributed by atoms with E-state index in [0.29, 0.717) is 32.5 Å². The zero-order valence-electron chi connectivity index (χ0n) is 18.8. The number of amides is 1. The molecule has 1 atom stereocenters. The summed E-state index contributed by atoms with van der Waals surface area (Å²) >= 11 is 12.2. The minimum absolute atomic E-state index is 0.215. The van der Waals surface area contributed by atoms with Crippen LogP contribution in [0.1, 0.15) is 36.4 Å². The first kappa shape index (κ1) is 23.8. The molecule has 1 aliphatic heterocycles. The van der Waals surface area contributed by atoms with E-state index in [-0.39, 0.29) is 24.8 Å². The van der Waals surface area contributed by atoms with Crippen molar-refractivity contribution in [1.29, 1.82) is 0 Å². The molecule has 182 valence electrons. The molecule has 0 saturated carbocycles. The molecule has 0 saturated heterocycles. The third-order valence-corrected chi connectivity index (χ3v) is 6.63. The quantitative estimate of drug-likeness (QED) is 0.315. The fourth-order valence-corrected chi connectivity index (χ4v) is 4.71. The Hall–Kier alpha value is -3.88. The van der Waals surface area contributed by atoms with E-state index in [0.717, 1.165) is 16.5 Å². The first-order valence-corrected chi connectivity index (χ1v) is 11.9. The molecular formula is C26H20Cl2N4O4. The van der Waals surface area contributed by atoms with Crippen molar-refractivity contribution in [3.63, 3.8) is 0 Å². The Kier molecular flexibility index (Phi) is 6.38. The Bertz CT molecular complexity index is 1560. The molecule has 36 heavy (non-hydrogen) atoms. The van der Waals surface area contributed by atoms with Crippen molar-refractivity contribution in [3.05, 3.63) is 92.3 Å². The monoisotopic (exact) mass is 522 g/mol. The number of hydrazone groups is 1. The number of fused-ring (bicyclic) bond motifs is 1. The highest BCUT2D eigenvalue weighted by atomic mass is 35.5. The number of hydrogen-bond donors (Lipinski definition) is 3. The van der Waals surface area contributed by atoms with Crippen LogP contribution in [-0.4, -0.2) is 37.7 Å². The number of halogens is 2. The van der Waals surface area contributed by atoms with Gasteiger partial charge in [0.05, 0.1) is 23.7 Å². The van der Waals surface area contributed by atoms with Crippen LogP contribution in [0.25, 0.3) is 22.2 Å². The highest BCUT2D eigenvalue weighted by molar-refractivity contribution is 6.31. The molecule has 0 bridgehead atoms. The van der Waals surface area contributed by atoms with Gasteiger partial charge in [-0.1, -0.05) is 47.5 Å². The van der Waals surface area contributed by atoms with Crippen molar-refractivity contribution < 1.29 is 14.7 Å². The van der Waals surface area contributed by atoms with E-state index in [1.165, 1.54) is 5.01 Å². The van der Waals surface area contributed by atoms with Gasteiger partial charge in [-0.05, 0) is 41.5 Å². The van der Waals surface area contributed by atoms with Crippen LogP contribution in [0.2, 0.25) is 10.0 Å². The summed E-state index contributed by atoms with van der Waals surface area (Å²) in [5.41, 5.74) is 3.18. The van der Waals surface area contributed by atoms with Crippen molar-refractivity contribution in [2.45, 2.75) is 25.3 Å². The van der Waals surface area contributed by atoms with Gasteiger partial charge < -0.3 is 15.1 Å². The second kappa shape index (κ2) is 9.64. The van der Waals surface area contributed by atoms with E-state index in [1.807, 2.05) is 18.2 Å². The van der Waals surface area contributed by atoms with Crippen molar-refractivity contribution in [1.82, 2.24) is 15.0 Å². The number of H-pyrrole nitrogens is 2. The van der Waals surface area contributed by atoms with Gasteiger partial charge in [-0.3, -0.25) is 14.4 Å². The normalized spacial score (nSPS) is 15.3. The summed E-state index contributed by atoms with van der Waals surface area (Å²) in [6.07, 6.45) is 1.46. The van der Waals surface area contributed by atoms with Crippen LogP contribution < -0.4 is 5.56 Å². The zero-order valence-corrected chi connectivity index (χ0v) is 20.3. The predicted molar refractivity (Wildman–Crippen MR) is 138 cm³/mol. The standard InChI is InChI=1S/C26H20Cl2N4O4/c27-16-5-1-14(2-6-16)20-13-19(31-32(20)21(33)9-10-22(34)35)24-23(15-3-7-17(28)8-4-15)18-11-12-29-25(18)30-26(24)36/h1-8,11-12,20H,9-10,13H2,(H,34,35)(H2,29,30,36)/t20-/m0/s1. The van der Waals surface area contributed by atoms with E-state index >= 15 is 0 Å². The summed E-state index contributed by atoms with van der Waals surface area (Å²) in [5.74, 6) is -1.52. The van der Waals surface area contributed by atoms with Gasteiger partial charge in [-0.15, -0.1) is 0 Å². The zero-order chi connectivity index (χ0) is 25.4. The van der Waals surface area contributed by atoms with Crippen molar-refractivity contribution in [2.24, 2.45) is 5.10 Å². The highest BCUT2D eigenvalue weighted by Gasteiger charge is 2.35. The molecule has 0 aliphatic carbocycles. The molecule has 8 nitrogen and oxygen atoms in total. The van der Waals surface area contributed by atoms with Gasteiger partial charge in [-0.25, -0.2) is 5.01 Å². The number of carboxylic acids is 1. The Balaban J connectivity index is 1.66. The summed E-state index contributed by atoms with van der Waals surface area (Å²) < 4.78 is 0. The lowest BCUT2D eigenvalue weighted by Crippen LogP contribution is -2.27. The van der Waals surface area contributed by atoms with E-state index in [9.17, 15) is 14.4 Å². The Morgan fingerprint density at radius 1 is 0.972 bits per heavy atom. The SMILES string of the molecule is O=C(O)CCC(=O)N1N=C(c2c(-c3ccc(Cl)cc3)c3cc[nH]c3[nH]c2=O)C[C@H]1c1ccc(Cl)cc1. The molecule has 10 heteroatoms. The highest BCUT2D eigenvalue weighted by Crippen LogP contribution is 2.37. The summed E-state index contributed by atoms with van der Waals surface area (Å²) in [6, 6.07) is 15.5. The molecule has 2 aromatic heterocycles. The molecule has 2 aromatic carbocycles. The Morgan fingerprint density at radius 2 is 1.64 bits per heavy atom. The van der Waals surface area contributed by atoms with E-state index in [4.69, 9.17) is 28.3 Å². The maximum Gasteiger partial charge on any atom is 0.303 e. The van der Waals surface area contributed by atoms with E-state index in [2.05, 4.69) is 15.1 Å². The number of nitrogens with one attached hydrogen (secondary N) is 2. The summed E-state index contributed by atoms with van der Waals surface area (Å²) in [4.78, 5) is 43.4. The summed E-state index contributed by atoms with van der Waals surface area (Å²) in [7, 11) is 0. The Labute approximate surface area is 215 Å². The lowest BCUT2D eigenvalue weighted by Gasteiger charge is -2.22. The number of aromatic nitrogens is 2. The van der Waals surface area contributed by atoms with Crippen LogP contribution in [0, 0.1) is 0 Å². The molecule has 0 radical (unpaired) electrons. The molecule has 0 spiro atoms. The van der Waals surface area contributed by atoms with Gasteiger partial charge in [-0.2, -0.15) is 5.10 Å². The first-order chi connectivity index (χ1) is 17.3. The molecule has 1 amide bonds. The summed E-state index contributed by atoms with van der Waals surface area (Å²) in [6.45, 7) is 0. The van der Waals surface area contributed by atoms with Crippen LogP contribution in [0.15, 0.2) is 70.7 Å². The fraction of sp³-hybridized carbons (Fsp3) is 0.154. The lowest BCUT2D eigenvalue weighted by molar-refractivity contribution is -0.141. The number of aromatic amines is 2. The van der Waals surface area contributed by atoms with Crippen LogP contribution >= 0.6 is 23.2 Å². The number of carbonyl (C=O) groups excluding carboxylic acids is 1. The molecule has 0 unspecified atom stereocenters. The van der Waals surface area contributed by atoms with Crippen LogP contribution in [0.4, 0.5) is 0 Å². The van der Waals surface area contributed by atoms with Gasteiger partial charge in [0.15, 0.2) is 0 Å². The lowest BCUT2D eigenvalue weighted by atomic mass is 9.92. The van der Waals surface area contributed by atoms with E-state index < -0.39 is 17.9 Å². The van der Waals surface area contributed by atoms with Crippen molar-refractivity contribution in [2.75, 3.05) is 0 Å². The number of hydrogen-bond acceptors (Lipinski definition) is 4. The second-order valence-corrected chi connectivity index (χ2v) is 9.30. The molecule has 5 rings (SSSR count). The van der Waals surface area contributed by atoms with Gasteiger partial charge >= 0.3 is 5.97 Å². The average molecular weight is 523 g/mol. The third-order valence-electron chi connectivity index (χ3n) is 6.13. The number of benzene rings is 2. The summed E-state index contributed by atoms with van der Waals surface area (Å²) in [5, 5.41) is 16.8. The number of aliphatic carboxylic acids is 1. The Morgan fingerprint density at radius 3 is 2.31 bits per heavy atom. The fourth-order valence-electron chi connectivity index (χ4n) is 4.46. The smallest absolute Gasteiger partial charge is 0.303 e. The second-order valence-electron chi connectivity index (χ2n) is 8.43. The number of carbonyl (C=O) groups is 2. The molecule has 4 aromatic rings. The maximum absolute atomic E-state index is 13.4. The van der Waals surface area contributed by atoms with Gasteiger partial charge in [0.1, 0.15) is 5.65 Å². The van der Waals surface area contributed by atoms with Crippen molar-refractivity contribution in [3.8, 4) is 11.1 Å². The molecule has 3 N–H and O–H groups in total. The number of carboxylic acid groups (broad SMARTS) is 1. The predicted octanol–water partition coefficient (Wildman–Crippen LogP) is 5.37. The number of rotatable bonds is 6. The van der Waals surface area contributed by atoms with Crippen LogP contribution in [0.3, 0.4) is 0 Å². The number of nitrogens with zero attached hydrogens (tertiary/aromatic N) is 2. The van der Waals surface area contributed by atoms with Crippen LogP contribution in [0.5, 0.6) is 0 Å². The largest absolute Gasteiger partial charge is 0.481 e. The van der Waals surface area contributed by atoms with E-state index in [1.54, 1.807) is 42.6 Å². The average Bonchev–Trinajstić information content (AvgIpc) is 3.50. The van der Waals surface area contributed by atoms with Gasteiger partial charge in [0, 0.05) is 40.0 Å². The maximum atomic E-state index is 13.4. The van der Waals surface area contributed by atoms with Crippen LogP contribution in [-0.2, 0) is 9.59 Å². The van der Waals surface area contributed by atoms with Gasteiger partial charge in [0.25, 0.3) is 5.56 Å². The molecule has 0 fully saturated rings. The topological polar surface area (TPSA) is 119 Å². The molecule has 1 aliphatic rings. The first-order valence-electron chi connectivity index (χ1n) is 11.2. The minimum Gasteiger partial charge on any atom is -0.481 e. The minimum atomic E-state index is -1.07. The molecular weight excluding hydrogens is 503 g/mol. The molecule has 3 heterocycles.